The molecule has 7 nitrogen and oxygen atoms in total. The molecular weight excluding hydrogens is 452 g/mol. The Morgan fingerprint density at radius 2 is 1.92 bits per heavy atom. The lowest BCUT2D eigenvalue weighted by molar-refractivity contribution is -0.117. The molecule has 2 aliphatic heterocycles. The molecule has 1 amide bonds. The van der Waals surface area contributed by atoms with Gasteiger partial charge in [0.25, 0.3) is 0 Å². The van der Waals surface area contributed by atoms with Crippen LogP contribution < -0.4 is 11.1 Å². The van der Waals surface area contributed by atoms with Crippen molar-refractivity contribution in [3.63, 3.8) is 0 Å². The fourth-order valence-corrected chi connectivity index (χ4v) is 6.08. The van der Waals surface area contributed by atoms with Crippen LogP contribution in [0.3, 0.4) is 0 Å². The zero-order valence-corrected chi connectivity index (χ0v) is 21.5. The van der Waals surface area contributed by atoms with Crippen molar-refractivity contribution >= 4 is 23.4 Å². The van der Waals surface area contributed by atoms with E-state index in [0.29, 0.717) is 29.8 Å². The number of likely N-dealkylation sites (tertiary alicyclic amines) is 1. The number of nitrogens with zero attached hydrogens (tertiary/aromatic N) is 1. The second-order valence-corrected chi connectivity index (χ2v) is 10.4. The van der Waals surface area contributed by atoms with Gasteiger partial charge >= 0.3 is 5.97 Å². The van der Waals surface area contributed by atoms with Crippen LogP contribution in [0.25, 0.3) is 0 Å². The van der Waals surface area contributed by atoms with Crippen LogP contribution in [-0.4, -0.2) is 39.8 Å². The molecule has 0 saturated carbocycles. The largest absolute Gasteiger partial charge is 0.478 e. The Morgan fingerprint density at radius 3 is 2.56 bits per heavy atom. The number of carboxylic acids is 1. The van der Waals surface area contributed by atoms with Crippen molar-refractivity contribution in [1.29, 1.82) is 5.41 Å². The maximum atomic E-state index is 13.2. The van der Waals surface area contributed by atoms with Crippen molar-refractivity contribution in [2.75, 3.05) is 5.32 Å². The first-order valence-electron chi connectivity index (χ1n) is 13.1. The van der Waals surface area contributed by atoms with E-state index < -0.39 is 11.9 Å². The molecule has 0 spiro atoms. The monoisotopic (exact) mass is 490 g/mol. The average molecular weight is 491 g/mol. The number of nitrogens with two attached hydrogens (primary N) is 1. The Hall–Kier alpha value is -3.19. The molecule has 7 heteroatoms. The van der Waals surface area contributed by atoms with Crippen LogP contribution in [0, 0.1) is 5.41 Å². The van der Waals surface area contributed by atoms with Crippen LogP contribution in [-0.2, 0) is 11.2 Å². The van der Waals surface area contributed by atoms with Crippen molar-refractivity contribution in [2.24, 2.45) is 5.73 Å². The predicted octanol–water partition coefficient (Wildman–Crippen LogP) is 5.44. The van der Waals surface area contributed by atoms with Gasteiger partial charge in [0.2, 0.25) is 5.91 Å². The van der Waals surface area contributed by atoms with Gasteiger partial charge in [0.15, 0.2) is 0 Å². The van der Waals surface area contributed by atoms with Crippen molar-refractivity contribution < 1.29 is 14.7 Å². The van der Waals surface area contributed by atoms with E-state index >= 15 is 0 Å². The average Bonchev–Trinajstić information content (AvgIpc) is 2.84. The van der Waals surface area contributed by atoms with E-state index in [0.717, 1.165) is 48.8 Å². The first-order chi connectivity index (χ1) is 17.2. The van der Waals surface area contributed by atoms with Gasteiger partial charge in [-0.3, -0.25) is 15.1 Å². The van der Waals surface area contributed by atoms with Gasteiger partial charge in [-0.1, -0.05) is 44.4 Å². The van der Waals surface area contributed by atoms with Crippen molar-refractivity contribution in [3.05, 3.63) is 64.2 Å². The molecule has 2 aliphatic rings. The highest BCUT2D eigenvalue weighted by atomic mass is 16.4. The molecule has 4 atom stereocenters. The molecule has 4 rings (SSSR count). The summed E-state index contributed by atoms with van der Waals surface area (Å²) in [6.45, 7) is 6.74. The minimum Gasteiger partial charge on any atom is -0.478 e. The first kappa shape index (κ1) is 25.9. The van der Waals surface area contributed by atoms with E-state index in [4.69, 9.17) is 11.1 Å². The summed E-state index contributed by atoms with van der Waals surface area (Å²) in [6, 6.07) is 11.6. The summed E-state index contributed by atoms with van der Waals surface area (Å²) in [5.41, 5.74) is 9.96. The number of anilines is 1. The summed E-state index contributed by atoms with van der Waals surface area (Å²) in [7, 11) is 0. The van der Waals surface area contributed by atoms with Gasteiger partial charge in [-0.15, -0.1) is 0 Å². The Balaban J connectivity index is 1.83. The number of unbranched alkanes of at least 4 members (excludes halogenated alkanes) is 1. The molecule has 192 valence electrons. The topological polar surface area (TPSA) is 120 Å². The number of benzene rings is 2. The van der Waals surface area contributed by atoms with Gasteiger partial charge in [0.1, 0.15) is 5.84 Å². The van der Waals surface area contributed by atoms with Crippen molar-refractivity contribution in [3.8, 4) is 0 Å². The van der Waals surface area contributed by atoms with Gasteiger partial charge in [-0.2, -0.15) is 0 Å². The maximum absolute atomic E-state index is 13.2. The molecule has 4 unspecified atom stereocenters. The van der Waals surface area contributed by atoms with Crippen LogP contribution >= 0.6 is 0 Å². The number of hydrogen-bond donors (Lipinski definition) is 4. The summed E-state index contributed by atoms with van der Waals surface area (Å²) in [5.74, 6) is -1.62. The molecule has 36 heavy (non-hydrogen) atoms. The minimum absolute atomic E-state index is 0.0343. The van der Waals surface area contributed by atoms with Gasteiger partial charge in [-0.05, 0) is 74.4 Å². The predicted molar refractivity (Wildman–Crippen MR) is 143 cm³/mol. The molecule has 1 saturated heterocycles. The van der Waals surface area contributed by atoms with E-state index in [9.17, 15) is 14.7 Å². The van der Waals surface area contributed by atoms with Gasteiger partial charge in [0, 0.05) is 29.4 Å². The number of carboxylic acid groups (broad SMARTS) is 1. The standard InChI is InChI=1S/C29H38N4O3/c1-4-5-12-26(33-17(2)8-6-9-18(33)3)24-14-21(29(35)36)15-25-23(24)16-22(28(34)32-25)19-10-7-11-20(13-19)27(30)31/h7,10-11,13-15,17-18,22,26H,4-6,8-9,12,16H2,1-3H3,(H3,30,31)(H,32,34)(H,35,36). The van der Waals surface area contributed by atoms with Crippen LogP contribution in [0.1, 0.15) is 104 Å². The fraction of sp³-hybridized carbons (Fsp3) is 0.483. The molecular formula is C29H38N4O3. The Morgan fingerprint density at radius 1 is 1.19 bits per heavy atom. The molecule has 2 aromatic rings. The van der Waals surface area contributed by atoms with Crippen LogP contribution in [0.4, 0.5) is 5.69 Å². The van der Waals surface area contributed by atoms with Gasteiger partial charge < -0.3 is 16.2 Å². The third kappa shape index (κ3) is 5.16. The number of piperidine rings is 1. The molecule has 0 radical (unpaired) electrons. The summed E-state index contributed by atoms with van der Waals surface area (Å²) in [5, 5.41) is 20.7. The smallest absolute Gasteiger partial charge is 0.335 e. The van der Waals surface area contributed by atoms with Gasteiger partial charge in [0.05, 0.1) is 11.5 Å². The highest BCUT2D eigenvalue weighted by Gasteiger charge is 2.37. The summed E-state index contributed by atoms with van der Waals surface area (Å²) in [4.78, 5) is 27.9. The lowest BCUT2D eigenvalue weighted by atomic mass is 9.80. The SMILES string of the molecule is CCCCC(c1cc(C(=O)O)cc2c1CC(c1cccc(C(=N)N)c1)C(=O)N2)N1C(C)CCCC1C. The number of hydrogen-bond acceptors (Lipinski definition) is 4. The first-order valence-corrected chi connectivity index (χ1v) is 13.1. The third-order valence-electron chi connectivity index (χ3n) is 7.93. The number of aromatic carboxylic acids is 1. The van der Waals surface area contributed by atoms with Crippen LogP contribution in [0.2, 0.25) is 0 Å². The Kier molecular flexibility index (Phi) is 7.79. The molecule has 2 aromatic carbocycles. The number of rotatable bonds is 8. The normalized spacial score (nSPS) is 23.0. The van der Waals surface area contributed by atoms with E-state index in [1.165, 1.54) is 6.42 Å². The number of amidine groups is 1. The zero-order chi connectivity index (χ0) is 26.0. The number of fused-ring (bicyclic) bond motifs is 1. The summed E-state index contributed by atoms with van der Waals surface area (Å²) >= 11 is 0. The molecule has 0 aromatic heterocycles. The highest BCUT2D eigenvalue weighted by Crippen LogP contribution is 2.42. The fourth-order valence-electron chi connectivity index (χ4n) is 6.08. The molecule has 0 aliphatic carbocycles. The summed E-state index contributed by atoms with van der Waals surface area (Å²) < 4.78 is 0. The van der Waals surface area contributed by atoms with Crippen LogP contribution in [0.5, 0.6) is 0 Å². The number of nitrogen functional groups attached to an aromatic ring is 1. The molecule has 0 bridgehead atoms. The third-order valence-corrected chi connectivity index (χ3v) is 7.93. The van der Waals surface area contributed by atoms with E-state index in [-0.39, 0.29) is 23.3 Å². The van der Waals surface area contributed by atoms with Crippen molar-refractivity contribution in [1.82, 2.24) is 4.90 Å². The highest BCUT2D eigenvalue weighted by molar-refractivity contribution is 6.01. The molecule has 5 N–H and O–H groups in total. The zero-order valence-electron chi connectivity index (χ0n) is 21.5. The number of nitrogens with one attached hydrogen (secondary N) is 2. The molecule has 1 fully saturated rings. The quantitative estimate of drug-likeness (QED) is 0.290. The van der Waals surface area contributed by atoms with Crippen molar-refractivity contribution in [2.45, 2.75) is 89.8 Å². The lowest BCUT2D eigenvalue weighted by Gasteiger charge is -2.45. The Labute approximate surface area is 213 Å². The van der Waals surface area contributed by atoms with E-state index in [1.807, 2.05) is 24.3 Å². The minimum atomic E-state index is -0.987. The number of amides is 1. The van der Waals surface area contributed by atoms with Crippen LogP contribution in [0.15, 0.2) is 36.4 Å². The maximum Gasteiger partial charge on any atom is 0.335 e. The summed E-state index contributed by atoms with van der Waals surface area (Å²) in [6.07, 6.45) is 7.00. The molecule has 2 heterocycles. The van der Waals surface area contributed by atoms with Gasteiger partial charge in [-0.25, -0.2) is 4.79 Å². The van der Waals surface area contributed by atoms with E-state index in [2.05, 4.69) is 31.0 Å². The Bertz CT molecular complexity index is 1150. The second-order valence-electron chi connectivity index (χ2n) is 10.4. The number of carbonyl (C=O) groups excluding carboxylic acids is 1. The lowest BCUT2D eigenvalue weighted by Crippen LogP contribution is -2.46. The second kappa shape index (κ2) is 10.8. The number of carbonyl (C=O) groups is 2. The van der Waals surface area contributed by atoms with E-state index in [1.54, 1.807) is 12.1 Å².